The maximum absolute atomic E-state index is 13.0. The van der Waals surface area contributed by atoms with Crippen molar-refractivity contribution < 1.29 is 14.3 Å². The Balaban J connectivity index is 2.06. The number of nitrogens with zero attached hydrogens (tertiary/aromatic N) is 1. The summed E-state index contributed by atoms with van der Waals surface area (Å²) in [6.45, 7) is 2.53. The van der Waals surface area contributed by atoms with Crippen LogP contribution in [0.1, 0.15) is 31.7 Å². The maximum atomic E-state index is 13.0. The molecule has 2 amide bonds. The van der Waals surface area contributed by atoms with Gasteiger partial charge in [0.1, 0.15) is 11.8 Å². The van der Waals surface area contributed by atoms with Gasteiger partial charge >= 0.3 is 0 Å². The number of hydrogen-bond acceptors (Lipinski definition) is 3. The molecule has 1 atom stereocenters. The second kappa shape index (κ2) is 11.7. The Kier molecular flexibility index (Phi) is 9.29. The molecule has 29 heavy (non-hydrogen) atoms. The Morgan fingerprint density at radius 1 is 1.14 bits per heavy atom. The Labute approximate surface area is 181 Å². The van der Waals surface area contributed by atoms with Crippen molar-refractivity contribution in [2.75, 3.05) is 13.7 Å². The van der Waals surface area contributed by atoms with E-state index >= 15 is 0 Å². The number of amides is 2. The number of nitrogens with one attached hydrogen (secondary N) is 1. The van der Waals surface area contributed by atoms with Crippen molar-refractivity contribution in [3.05, 3.63) is 64.1 Å². The van der Waals surface area contributed by atoms with Crippen LogP contribution in [-0.2, 0) is 16.1 Å². The minimum atomic E-state index is -0.575. The molecule has 0 bridgehead atoms. The smallest absolute Gasteiger partial charge is 0.242 e. The van der Waals surface area contributed by atoms with Gasteiger partial charge in [-0.15, -0.1) is 0 Å². The lowest BCUT2D eigenvalue weighted by molar-refractivity contribution is -0.141. The molecule has 1 N–H and O–H groups in total. The Hall–Kier alpha value is -2.24. The molecule has 2 aromatic rings. The van der Waals surface area contributed by atoms with Crippen LogP contribution in [-0.4, -0.2) is 36.4 Å². The molecule has 0 aromatic heterocycles. The molecule has 7 heteroatoms. The first-order valence-corrected chi connectivity index (χ1v) is 10.3. The number of halogens is 2. The third-order valence-electron chi connectivity index (χ3n) is 4.54. The average Bonchev–Trinajstić information content (AvgIpc) is 2.72. The van der Waals surface area contributed by atoms with Gasteiger partial charge in [0.15, 0.2) is 0 Å². The molecule has 2 rings (SSSR count). The number of benzene rings is 2. The van der Waals surface area contributed by atoms with E-state index in [0.29, 0.717) is 29.5 Å². The van der Waals surface area contributed by atoms with Crippen molar-refractivity contribution in [2.45, 2.75) is 38.8 Å². The highest BCUT2D eigenvalue weighted by molar-refractivity contribution is 6.35. The number of carbonyl (C=O) groups excluding carboxylic acids is 2. The molecule has 1 unspecified atom stereocenters. The van der Waals surface area contributed by atoms with Crippen molar-refractivity contribution in [2.24, 2.45) is 0 Å². The van der Waals surface area contributed by atoms with Crippen LogP contribution in [0.25, 0.3) is 0 Å². The van der Waals surface area contributed by atoms with Crippen molar-refractivity contribution in [1.29, 1.82) is 0 Å². The van der Waals surface area contributed by atoms with Gasteiger partial charge in [-0.25, -0.2) is 0 Å². The van der Waals surface area contributed by atoms with Crippen LogP contribution in [0.4, 0.5) is 0 Å². The monoisotopic (exact) mass is 436 g/mol. The van der Waals surface area contributed by atoms with Crippen LogP contribution in [0.5, 0.6) is 5.75 Å². The van der Waals surface area contributed by atoms with Gasteiger partial charge in [-0.3, -0.25) is 9.59 Å². The van der Waals surface area contributed by atoms with Crippen LogP contribution in [0.3, 0.4) is 0 Å². The molecule has 0 aliphatic carbocycles. The van der Waals surface area contributed by atoms with E-state index < -0.39 is 6.04 Å². The van der Waals surface area contributed by atoms with Gasteiger partial charge < -0.3 is 15.0 Å². The van der Waals surface area contributed by atoms with E-state index in [9.17, 15) is 9.59 Å². The zero-order valence-corrected chi connectivity index (χ0v) is 18.2. The lowest BCUT2D eigenvalue weighted by atomic mass is 10.1. The summed E-state index contributed by atoms with van der Waals surface area (Å²) in [6, 6.07) is 14.0. The van der Waals surface area contributed by atoms with E-state index in [2.05, 4.69) is 5.32 Å². The first-order chi connectivity index (χ1) is 14.0. The lowest BCUT2D eigenvalue weighted by Crippen LogP contribution is -2.48. The second-order valence-electron chi connectivity index (χ2n) is 6.56. The molecule has 0 aliphatic rings. The number of carbonyl (C=O) groups is 2. The van der Waals surface area contributed by atoms with Gasteiger partial charge in [0, 0.05) is 30.1 Å². The highest BCUT2D eigenvalue weighted by Crippen LogP contribution is 2.24. The molecule has 0 fully saturated rings. The van der Waals surface area contributed by atoms with Crippen LogP contribution < -0.4 is 10.1 Å². The van der Waals surface area contributed by atoms with Gasteiger partial charge in [0.05, 0.1) is 6.61 Å². The van der Waals surface area contributed by atoms with E-state index in [1.807, 2.05) is 37.3 Å². The van der Waals surface area contributed by atoms with E-state index in [-0.39, 0.29) is 24.8 Å². The van der Waals surface area contributed by atoms with Crippen molar-refractivity contribution in [3.8, 4) is 5.75 Å². The van der Waals surface area contributed by atoms with Crippen LogP contribution >= 0.6 is 23.2 Å². The quantitative estimate of drug-likeness (QED) is 0.548. The molecule has 0 saturated heterocycles. The first kappa shape index (κ1) is 23.0. The predicted octanol–water partition coefficient (Wildman–Crippen LogP) is 4.71. The van der Waals surface area contributed by atoms with Gasteiger partial charge in [-0.2, -0.15) is 0 Å². The number of likely N-dealkylation sites (N-methyl/N-ethyl adjacent to an activating group) is 1. The van der Waals surface area contributed by atoms with Crippen LogP contribution in [0.2, 0.25) is 10.0 Å². The Bertz CT molecular complexity index is 815. The minimum absolute atomic E-state index is 0.122. The molecular formula is C22H26Cl2N2O3. The highest BCUT2D eigenvalue weighted by Gasteiger charge is 2.28. The summed E-state index contributed by atoms with van der Waals surface area (Å²) >= 11 is 12.3. The third kappa shape index (κ3) is 6.94. The van der Waals surface area contributed by atoms with E-state index in [1.54, 1.807) is 30.1 Å². The van der Waals surface area contributed by atoms with Gasteiger partial charge in [-0.1, -0.05) is 54.4 Å². The molecule has 2 aromatic carbocycles. The van der Waals surface area contributed by atoms with Crippen molar-refractivity contribution >= 4 is 35.0 Å². The molecular weight excluding hydrogens is 411 g/mol. The topological polar surface area (TPSA) is 58.6 Å². The zero-order chi connectivity index (χ0) is 21.2. The maximum Gasteiger partial charge on any atom is 0.242 e. The standard InChI is InChI=1S/C22H26Cl2N2O3/c1-3-20(22(28)25-2)26(15-16-11-12-17(23)14-19(16)24)21(27)10-7-13-29-18-8-5-4-6-9-18/h4-6,8-9,11-12,14,20H,3,7,10,13,15H2,1-2H3,(H,25,28). The molecule has 0 saturated carbocycles. The summed E-state index contributed by atoms with van der Waals surface area (Å²) in [5, 5.41) is 3.63. The van der Waals surface area contributed by atoms with Crippen LogP contribution in [0, 0.1) is 0 Å². The summed E-state index contributed by atoms with van der Waals surface area (Å²) in [5.74, 6) is 0.441. The second-order valence-corrected chi connectivity index (χ2v) is 7.40. The third-order valence-corrected chi connectivity index (χ3v) is 5.12. The highest BCUT2D eigenvalue weighted by atomic mass is 35.5. The summed E-state index contributed by atoms with van der Waals surface area (Å²) in [4.78, 5) is 26.9. The fourth-order valence-corrected chi connectivity index (χ4v) is 3.46. The van der Waals surface area contributed by atoms with Gasteiger partial charge in [0.2, 0.25) is 11.8 Å². The van der Waals surface area contributed by atoms with Gasteiger partial charge in [0.25, 0.3) is 0 Å². The number of hydrogen-bond donors (Lipinski definition) is 1. The first-order valence-electron chi connectivity index (χ1n) is 9.59. The minimum Gasteiger partial charge on any atom is -0.494 e. The van der Waals surface area contributed by atoms with Gasteiger partial charge in [-0.05, 0) is 42.7 Å². The fourth-order valence-electron chi connectivity index (χ4n) is 2.99. The summed E-state index contributed by atoms with van der Waals surface area (Å²) in [5.41, 5.74) is 0.743. The molecule has 0 heterocycles. The number of rotatable bonds is 10. The Morgan fingerprint density at radius 3 is 2.48 bits per heavy atom. The zero-order valence-electron chi connectivity index (χ0n) is 16.7. The predicted molar refractivity (Wildman–Crippen MR) is 116 cm³/mol. The Morgan fingerprint density at radius 2 is 1.86 bits per heavy atom. The normalized spacial score (nSPS) is 11.6. The summed E-state index contributed by atoms with van der Waals surface area (Å²) in [7, 11) is 1.57. The molecule has 0 radical (unpaired) electrons. The number of para-hydroxylation sites is 1. The molecule has 0 spiro atoms. The number of ether oxygens (including phenoxy) is 1. The fraction of sp³-hybridized carbons (Fsp3) is 0.364. The van der Waals surface area contributed by atoms with E-state index in [0.717, 1.165) is 11.3 Å². The average molecular weight is 437 g/mol. The SMILES string of the molecule is CCC(C(=O)NC)N(Cc1ccc(Cl)cc1Cl)C(=O)CCCOc1ccccc1. The molecule has 5 nitrogen and oxygen atoms in total. The largest absolute Gasteiger partial charge is 0.494 e. The summed E-state index contributed by atoms with van der Waals surface area (Å²) < 4.78 is 5.66. The van der Waals surface area contributed by atoms with Crippen molar-refractivity contribution in [1.82, 2.24) is 10.2 Å². The van der Waals surface area contributed by atoms with Crippen LogP contribution in [0.15, 0.2) is 48.5 Å². The van der Waals surface area contributed by atoms with E-state index in [4.69, 9.17) is 27.9 Å². The van der Waals surface area contributed by atoms with Crippen molar-refractivity contribution in [3.63, 3.8) is 0 Å². The summed E-state index contributed by atoms with van der Waals surface area (Å²) in [6.07, 6.45) is 1.31. The molecule has 156 valence electrons. The lowest BCUT2D eigenvalue weighted by Gasteiger charge is -2.30. The van der Waals surface area contributed by atoms with E-state index in [1.165, 1.54) is 0 Å². The molecule has 0 aliphatic heterocycles.